The van der Waals surface area contributed by atoms with Crippen LogP contribution in [0.2, 0.25) is 0 Å². The lowest BCUT2D eigenvalue weighted by Gasteiger charge is -2.18. The maximum absolute atomic E-state index is 10.9. The summed E-state index contributed by atoms with van der Waals surface area (Å²) in [6.07, 6.45) is 8.43. The van der Waals surface area contributed by atoms with Crippen LogP contribution in [0.1, 0.15) is 0 Å². The topological polar surface area (TPSA) is 116 Å². The molecule has 0 aromatic rings. The highest BCUT2D eigenvalue weighted by molar-refractivity contribution is 7.85. The Morgan fingerprint density at radius 3 is 1.57 bits per heavy atom. The Labute approximate surface area is 136 Å². The highest BCUT2D eigenvalue weighted by Gasteiger charge is 2.28. The van der Waals surface area contributed by atoms with Crippen LogP contribution in [0.4, 0.5) is 0 Å². The van der Waals surface area contributed by atoms with Crippen LogP contribution in [0.5, 0.6) is 0 Å². The molecule has 0 aliphatic heterocycles. The Hall–Kier alpha value is -1.35. The summed E-state index contributed by atoms with van der Waals surface area (Å²) < 4.78 is 21.3. The quantitative estimate of drug-likeness (QED) is 0.313. The monoisotopic (exact) mass is 357 g/mol. The molecule has 2 rings (SSSR count). The number of halogens is 2. The number of carbonyl (C=O) groups excluding carboxylic acids is 1. The fraction of sp³-hybridized carbons (Fsp3) is 0.273. The zero-order chi connectivity index (χ0) is 14.8. The first-order valence-corrected chi connectivity index (χ1v) is 7.19. The van der Waals surface area contributed by atoms with Crippen molar-refractivity contribution < 1.29 is 17.2 Å². The van der Waals surface area contributed by atoms with Gasteiger partial charge >= 0.3 is 10.0 Å². The minimum atomic E-state index is -3.31. The first-order valence-electron chi connectivity index (χ1n) is 5.35. The third-order valence-corrected chi connectivity index (χ3v) is 4.28. The van der Waals surface area contributed by atoms with Crippen LogP contribution < -0.4 is 11.5 Å². The van der Waals surface area contributed by atoms with Gasteiger partial charge in [-0.25, -0.2) is 0 Å². The van der Waals surface area contributed by atoms with Gasteiger partial charge in [0.1, 0.15) is 14.1 Å². The van der Waals surface area contributed by atoms with Gasteiger partial charge in [-0.1, -0.05) is 28.3 Å². The van der Waals surface area contributed by atoms with Crippen molar-refractivity contribution in [2.45, 2.75) is 0 Å². The molecule has 2 bridgehead atoms. The minimum absolute atomic E-state index is 0. The van der Waals surface area contributed by atoms with Gasteiger partial charge in [0.25, 0.3) is 0 Å². The maximum Gasteiger partial charge on any atom is 0.318 e. The van der Waals surface area contributed by atoms with Crippen LogP contribution >= 0.6 is 24.8 Å². The number of Topliss-reactive ketones (excluding diaryl/α,β-unsaturated/α-hetero) is 1. The van der Waals surface area contributed by atoms with Crippen LogP contribution in [0, 0.1) is 0 Å². The Kier molecular flexibility index (Phi) is 7.94. The van der Waals surface area contributed by atoms with Crippen molar-refractivity contribution in [3.05, 3.63) is 35.5 Å². The van der Waals surface area contributed by atoms with Gasteiger partial charge in [0, 0.05) is 11.1 Å². The number of quaternary nitrogens is 1. The van der Waals surface area contributed by atoms with Gasteiger partial charge in [0.05, 0.1) is 6.26 Å². The average molecular weight is 358 g/mol. The van der Waals surface area contributed by atoms with Gasteiger partial charge in [-0.2, -0.15) is 8.42 Å². The second-order valence-electron chi connectivity index (χ2n) is 4.46. The molecule has 0 aromatic carbocycles. The number of sulfonamides is 1. The summed E-state index contributed by atoms with van der Waals surface area (Å²) in [7, 11) is -0.567. The molecule has 0 fully saturated rings. The van der Waals surface area contributed by atoms with Crippen LogP contribution in [0.25, 0.3) is 0 Å². The summed E-state index contributed by atoms with van der Waals surface area (Å²) in [5.74, 6) is -0.0644. The van der Waals surface area contributed by atoms with Gasteiger partial charge in [-0.05, 0) is 5.10 Å². The molecule has 0 radical (unpaired) electrons. The van der Waals surface area contributed by atoms with Crippen LogP contribution in [0.3, 0.4) is 0 Å². The van der Waals surface area contributed by atoms with Gasteiger partial charge in [-0.3, -0.25) is 4.79 Å². The lowest BCUT2D eigenvalue weighted by Crippen LogP contribution is -2.43. The van der Waals surface area contributed by atoms with E-state index in [1.807, 2.05) is 24.3 Å². The number of allylic oxidation sites excluding steroid dienone is 6. The highest BCUT2D eigenvalue weighted by Crippen LogP contribution is 2.23. The lowest BCUT2D eigenvalue weighted by molar-refractivity contribution is -0.768. The number of rotatable bonds is 2. The molecule has 7 nitrogen and oxygen atoms in total. The number of nitrogens with zero attached hydrogens (tertiary/aromatic N) is 2. The molecular weight excluding hydrogens is 339 g/mol. The molecule has 0 spiro atoms. The fourth-order valence-corrected chi connectivity index (χ4v) is 1.53. The average Bonchev–Trinajstić information content (AvgIpc) is 2.74. The van der Waals surface area contributed by atoms with E-state index < -0.39 is 14.0 Å². The van der Waals surface area contributed by atoms with Crippen molar-refractivity contribution in [1.29, 1.82) is 0 Å². The minimum Gasteiger partial charge on any atom is -0.366 e. The zero-order valence-electron chi connectivity index (χ0n) is 11.8. The van der Waals surface area contributed by atoms with E-state index in [0.717, 1.165) is 17.4 Å². The summed E-state index contributed by atoms with van der Waals surface area (Å²) in [6.45, 7) is 0. The van der Waals surface area contributed by atoms with E-state index >= 15 is 0 Å². The molecule has 4 N–H and O–H groups in total. The molecule has 0 unspecified atom stereocenters. The number of ketones is 1. The predicted octanol–water partition coefficient (Wildman–Crippen LogP) is 0.0461. The van der Waals surface area contributed by atoms with E-state index in [1.54, 1.807) is 0 Å². The van der Waals surface area contributed by atoms with E-state index in [4.69, 9.17) is 11.5 Å². The molecule has 0 heterocycles. The second kappa shape index (κ2) is 7.60. The Bertz CT molecular complexity index is 606. The number of hydrogen-bond donors (Lipinski definition) is 2. The number of fused-ring (bicyclic) bond motifs is 2. The number of nitrogens with two attached hydrogens (primary N) is 2. The standard InChI is InChI=1S/C7H4O.C4H13N4O2S.2ClH/c8-7-5-1-2-6(7)4-3-5;1-8(2,7-4(5)6)11(3,9)10;;/h1-4H;1-3H3,(H4,5,6,7);2*1H/q;+1;;. The molecule has 0 saturated heterocycles. The van der Waals surface area contributed by atoms with Crippen LogP contribution in [-0.4, -0.2) is 44.5 Å². The highest BCUT2D eigenvalue weighted by atomic mass is 35.5. The van der Waals surface area contributed by atoms with Crippen molar-refractivity contribution >= 4 is 46.6 Å². The SMILES string of the molecule is C[N+](C)(N=C(N)N)S(C)(=O)=O.Cl.Cl.O=C1C2=CC=C1C=C2. The van der Waals surface area contributed by atoms with Crippen molar-refractivity contribution in [2.24, 2.45) is 16.6 Å². The largest absolute Gasteiger partial charge is 0.366 e. The predicted molar refractivity (Wildman–Crippen MR) is 87.6 cm³/mol. The molecule has 0 saturated carbocycles. The maximum atomic E-state index is 10.9. The van der Waals surface area contributed by atoms with Crippen molar-refractivity contribution in [3.8, 4) is 0 Å². The van der Waals surface area contributed by atoms with Gasteiger partial charge in [0.2, 0.25) is 5.96 Å². The summed E-state index contributed by atoms with van der Waals surface area (Å²) in [6, 6.07) is 0. The van der Waals surface area contributed by atoms with Crippen LogP contribution in [-0.2, 0) is 14.8 Å². The molecule has 0 atom stereocenters. The second-order valence-corrected chi connectivity index (χ2v) is 6.82. The lowest BCUT2D eigenvalue weighted by atomic mass is 10.2. The smallest absolute Gasteiger partial charge is 0.318 e. The van der Waals surface area contributed by atoms with Crippen molar-refractivity contribution in [3.63, 3.8) is 0 Å². The fourth-order valence-electron chi connectivity index (χ4n) is 1.29. The number of guanidine groups is 1. The zero-order valence-corrected chi connectivity index (χ0v) is 14.3. The van der Waals surface area contributed by atoms with Gasteiger partial charge in [0.15, 0.2) is 5.78 Å². The molecular formula is C11H19Cl2N4O3S+. The molecule has 21 heavy (non-hydrogen) atoms. The Balaban J connectivity index is 0. The first-order chi connectivity index (χ1) is 8.54. The van der Waals surface area contributed by atoms with Gasteiger partial charge < -0.3 is 11.5 Å². The molecule has 0 amide bonds. The van der Waals surface area contributed by atoms with E-state index in [-0.39, 0.29) is 36.6 Å². The summed E-state index contributed by atoms with van der Waals surface area (Å²) in [4.78, 5) is 10.8. The van der Waals surface area contributed by atoms with E-state index in [0.29, 0.717) is 0 Å². The molecule has 10 heteroatoms. The van der Waals surface area contributed by atoms with Crippen molar-refractivity contribution in [1.82, 2.24) is 0 Å². The summed E-state index contributed by atoms with van der Waals surface area (Å²) in [5.41, 5.74) is 11.7. The van der Waals surface area contributed by atoms with E-state index in [1.165, 1.54) is 14.1 Å². The number of carbonyl (C=O) groups is 1. The van der Waals surface area contributed by atoms with Gasteiger partial charge in [-0.15, -0.1) is 24.8 Å². The Morgan fingerprint density at radius 1 is 1.10 bits per heavy atom. The molecule has 2 aliphatic carbocycles. The Morgan fingerprint density at radius 2 is 1.48 bits per heavy atom. The van der Waals surface area contributed by atoms with Crippen molar-refractivity contribution in [2.75, 3.05) is 20.4 Å². The normalized spacial score (nSPS) is 14.9. The third-order valence-electron chi connectivity index (χ3n) is 2.58. The molecule has 0 aromatic heterocycles. The third kappa shape index (κ3) is 5.50. The summed E-state index contributed by atoms with van der Waals surface area (Å²) in [5, 5.41) is 3.50. The van der Waals surface area contributed by atoms with E-state index in [9.17, 15) is 13.2 Å². The molecule has 120 valence electrons. The summed E-state index contributed by atoms with van der Waals surface area (Å²) >= 11 is 0. The molecule has 2 aliphatic rings. The first kappa shape index (κ1) is 21.9. The van der Waals surface area contributed by atoms with Crippen LogP contribution in [0.15, 0.2) is 40.6 Å². The van der Waals surface area contributed by atoms with E-state index in [2.05, 4.69) is 5.10 Å². The number of hydrogen-bond acceptors (Lipinski definition) is 4.